The molecule has 0 aliphatic rings. The van der Waals surface area contributed by atoms with Gasteiger partial charge in [-0.15, -0.1) is 0 Å². The zero-order chi connectivity index (χ0) is 65.5. The van der Waals surface area contributed by atoms with Crippen LogP contribution in [0.25, 0.3) is 0 Å². The first-order valence-corrected chi connectivity index (χ1v) is 36.6. The van der Waals surface area contributed by atoms with E-state index >= 15 is 0 Å². The fourth-order valence-corrected chi connectivity index (χ4v) is 9.53. The minimum Gasteiger partial charge on any atom is -0.756 e. The maximum atomic E-state index is 12.9. The number of hydrogen-bond donors (Lipinski definition) is 0. The summed E-state index contributed by atoms with van der Waals surface area (Å²) in [4.78, 5) is 38.1. The maximum absolute atomic E-state index is 12.9. The first-order valence-electron chi connectivity index (χ1n) is 35.1. The van der Waals surface area contributed by atoms with Crippen LogP contribution in [0, 0.1) is 0 Å². The molecule has 0 saturated heterocycles. The lowest BCUT2D eigenvalue weighted by molar-refractivity contribution is -0.870. The normalized spacial score (nSPS) is 14.3. The van der Waals surface area contributed by atoms with E-state index in [1.54, 1.807) is 0 Å². The number of hydrogen-bond acceptors (Lipinski definition) is 8. The standard InChI is InChI=1S/C80H128NO8P/c1-6-8-10-12-14-16-18-20-22-24-26-28-30-32-34-36-38-40-42-44-46-48-50-52-54-56-58-60-62-64-66-68-70-72-79(82)86-76-78(77-88-90(84,85)87-75-74-81(3,4)5)89-80(83)73-71-69-67-65-63-61-59-57-55-53-51-49-47-45-43-41-39-37-35-33-31-29-27-25-23-21-19-17-15-13-11-9-7-2/h8-11,14-17,20-23,26-29,32-35,38-41,44-47,50-53,78H,6-7,12-13,18-19,24-25,30-31,36-37,42-43,48-49,54-77H2,1-5H3/b10-8-,11-9-,16-14-,17-15-,22-20-,23-21-,28-26-,29-27-,34-32-,35-33-,40-38-,41-39-,46-44-,47-45-,52-50-,53-51-. The van der Waals surface area contributed by atoms with Crippen LogP contribution < -0.4 is 4.89 Å². The quantitative estimate of drug-likeness (QED) is 0.0195. The minimum atomic E-state index is -4.66. The van der Waals surface area contributed by atoms with Crippen LogP contribution in [0.2, 0.25) is 0 Å². The lowest BCUT2D eigenvalue weighted by Gasteiger charge is -2.28. The van der Waals surface area contributed by atoms with Crippen molar-refractivity contribution in [3.05, 3.63) is 194 Å². The van der Waals surface area contributed by atoms with Crippen molar-refractivity contribution in [2.24, 2.45) is 0 Å². The second kappa shape index (κ2) is 68.2. The van der Waals surface area contributed by atoms with Gasteiger partial charge in [-0.3, -0.25) is 14.2 Å². The second-order valence-electron chi connectivity index (χ2n) is 23.8. The molecule has 0 rings (SSSR count). The van der Waals surface area contributed by atoms with E-state index in [-0.39, 0.29) is 26.1 Å². The largest absolute Gasteiger partial charge is 0.756 e. The molecule has 0 spiro atoms. The lowest BCUT2D eigenvalue weighted by atomic mass is 10.1. The molecule has 0 radical (unpaired) electrons. The molecule has 0 aliphatic carbocycles. The van der Waals surface area contributed by atoms with Crippen LogP contribution in [0.5, 0.6) is 0 Å². The molecule has 0 amide bonds. The van der Waals surface area contributed by atoms with Gasteiger partial charge in [-0.25, -0.2) is 0 Å². The van der Waals surface area contributed by atoms with E-state index in [0.717, 1.165) is 154 Å². The Balaban J connectivity index is 4.18. The van der Waals surface area contributed by atoms with Gasteiger partial charge >= 0.3 is 11.9 Å². The molecule has 0 N–H and O–H groups in total. The molecular formula is C80H128NO8P. The van der Waals surface area contributed by atoms with Gasteiger partial charge in [0.2, 0.25) is 0 Å². The predicted molar refractivity (Wildman–Crippen MR) is 387 cm³/mol. The molecular weight excluding hydrogens is 1130 g/mol. The summed E-state index contributed by atoms with van der Waals surface area (Å²) >= 11 is 0. The van der Waals surface area contributed by atoms with Crippen molar-refractivity contribution in [3.8, 4) is 0 Å². The highest BCUT2D eigenvalue weighted by Crippen LogP contribution is 2.38. The summed E-state index contributed by atoms with van der Waals surface area (Å²) in [6, 6.07) is 0. The molecule has 0 fully saturated rings. The Morgan fingerprint density at radius 2 is 0.600 bits per heavy atom. The number of esters is 2. The first kappa shape index (κ1) is 84.8. The third kappa shape index (κ3) is 71.9. The molecule has 0 bridgehead atoms. The van der Waals surface area contributed by atoms with Crippen LogP contribution in [0.4, 0.5) is 0 Å². The number of likely N-dealkylation sites (N-methyl/N-ethyl adjacent to an activating group) is 1. The lowest BCUT2D eigenvalue weighted by Crippen LogP contribution is -2.37. The predicted octanol–water partition coefficient (Wildman–Crippen LogP) is 22.6. The number of carbonyl (C=O) groups is 2. The number of unbranched alkanes of at least 4 members (excludes halogenated alkanes) is 16. The Morgan fingerprint density at radius 3 is 0.889 bits per heavy atom. The number of nitrogens with zero attached hydrogens (tertiary/aromatic N) is 1. The van der Waals surface area contributed by atoms with Crippen molar-refractivity contribution in [2.45, 2.75) is 251 Å². The summed E-state index contributed by atoms with van der Waals surface area (Å²) in [7, 11) is 1.13. The zero-order valence-corrected chi connectivity index (χ0v) is 58.4. The fourth-order valence-electron chi connectivity index (χ4n) is 8.80. The molecule has 2 unspecified atom stereocenters. The molecule has 0 saturated carbocycles. The molecule has 0 heterocycles. The van der Waals surface area contributed by atoms with Gasteiger partial charge < -0.3 is 27.9 Å². The first-order chi connectivity index (χ1) is 44.0. The van der Waals surface area contributed by atoms with E-state index < -0.39 is 32.5 Å². The Morgan fingerprint density at radius 1 is 0.344 bits per heavy atom. The van der Waals surface area contributed by atoms with Crippen LogP contribution in [0.1, 0.15) is 245 Å². The van der Waals surface area contributed by atoms with Crippen molar-refractivity contribution < 1.29 is 42.1 Å². The number of phosphoric acid groups is 1. The monoisotopic (exact) mass is 1260 g/mol. The number of phosphoric ester groups is 1. The highest BCUT2D eigenvalue weighted by Gasteiger charge is 2.22. The summed E-state index contributed by atoms with van der Waals surface area (Å²) in [5.41, 5.74) is 0. The Kier molecular flexibility index (Phi) is 64.3. The van der Waals surface area contributed by atoms with Crippen molar-refractivity contribution in [1.82, 2.24) is 0 Å². The third-order valence-corrected chi connectivity index (χ3v) is 15.1. The van der Waals surface area contributed by atoms with Crippen LogP contribution in [-0.2, 0) is 32.7 Å². The number of allylic oxidation sites excluding steroid dienone is 32. The third-order valence-electron chi connectivity index (χ3n) is 14.1. The van der Waals surface area contributed by atoms with E-state index in [2.05, 4.69) is 208 Å². The summed E-state index contributed by atoms with van der Waals surface area (Å²) in [5, 5.41) is 0. The van der Waals surface area contributed by atoms with Crippen molar-refractivity contribution in [2.75, 3.05) is 47.5 Å². The summed E-state index contributed by atoms with van der Waals surface area (Å²) in [5.74, 6) is -0.866. The molecule has 2 atom stereocenters. The summed E-state index contributed by atoms with van der Waals surface area (Å²) < 4.78 is 34.3. The van der Waals surface area contributed by atoms with Crippen LogP contribution in [0.15, 0.2) is 194 Å². The Hall–Kier alpha value is -5.15. The maximum Gasteiger partial charge on any atom is 0.306 e. The van der Waals surface area contributed by atoms with Crippen LogP contribution >= 0.6 is 7.82 Å². The highest BCUT2D eigenvalue weighted by molar-refractivity contribution is 7.45. The van der Waals surface area contributed by atoms with Gasteiger partial charge in [0, 0.05) is 12.8 Å². The van der Waals surface area contributed by atoms with Gasteiger partial charge in [-0.2, -0.15) is 0 Å². The molecule has 0 aromatic carbocycles. The summed E-state index contributed by atoms with van der Waals surface area (Å²) in [6.07, 6.45) is 106. The van der Waals surface area contributed by atoms with Gasteiger partial charge in [0.1, 0.15) is 19.8 Å². The second-order valence-corrected chi connectivity index (χ2v) is 25.2. The topological polar surface area (TPSA) is 111 Å². The average Bonchev–Trinajstić information content (AvgIpc) is 3.56. The number of ether oxygens (including phenoxy) is 2. The molecule has 506 valence electrons. The van der Waals surface area contributed by atoms with Gasteiger partial charge in [0.15, 0.2) is 6.10 Å². The van der Waals surface area contributed by atoms with Gasteiger partial charge in [0.25, 0.3) is 7.82 Å². The SMILES string of the molecule is CC/C=C\C/C=C\C/C=C\C/C=C\C/C=C\C/C=C\C/C=C\C/C=C\CCCCCCCCCCC(=O)OCC(COP(=O)([O-])OCC[N+](C)(C)C)OC(=O)CCCCCCCCCC/C=C\C/C=C\C/C=C\C/C=C\C/C=C\C/C=C\C/C=C\C/C=C\CC. The van der Waals surface area contributed by atoms with Crippen molar-refractivity contribution >= 4 is 19.8 Å². The molecule has 90 heavy (non-hydrogen) atoms. The average molecular weight is 1260 g/mol. The number of rotatable bonds is 62. The number of carbonyl (C=O) groups excluding carboxylic acids is 2. The van der Waals surface area contributed by atoms with Crippen LogP contribution in [0.3, 0.4) is 0 Å². The van der Waals surface area contributed by atoms with Crippen molar-refractivity contribution in [1.29, 1.82) is 0 Å². The van der Waals surface area contributed by atoms with E-state index in [9.17, 15) is 19.0 Å². The van der Waals surface area contributed by atoms with E-state index in [0.29, 0.717) is 23.9 Å². The van der Waals surface area contributed by atoms with Crippen LogP contribution in [-0.4, -0.2) is 70.0 Å². The van der Waals surface area contributed by atoms with Gasteiger partial charge in [0.05, 0.1) is 27.7 Å². The molecule has 0 aliphatic heterocycles. The highest BCUT2D eigenvalue weighted by atomic mass is 31.2. The smallest absolute Gasteiger partial charge is 0.306 e. The molecule has 10 heteroatoms. The van der Waals surface area contributed by atoms with E-state index in [1.165, 1.54) is 51.4 Å². The Labute approximate surface area is 552 Å². The molecule has 9 nitrogen and oxygen atoms in total. The van der Waals surface area contributed by atoms with E-state index in [4.69, 9.17) is 18.5 Å². The molecule has 0 aromatic heterocycles. The number of quaternary nitrogens is 1. The minimum absolute atomic E-state index is 0.0449. The molecule has 0 aromatic rings. The fraction of sp³-hybridized carbons (Fsp3) is 0.575. The van der Waals surface area contributed by atoms with E-state index in [1.807, 2.05) is 21.1 Å². The van der Waals surface area contributed by atoms with Gasteiger partial charge in [-0.1, -0.05) is 285 Å². The zero-order valence-electron chi connectivity index (χ0n) is 57.5. The van der Waals surface area contributed by atoms with Crippen molar-refractivity contribution in [3.63, 3.8) is 0 Å². The Bertz CT molecular complexity index is 2220. The van der Waals surface area contributed by atoms with Gasteiger partial charge in [-0.05, 0) is 141 Å². The summed E-state index contributed by atoms with van der Waals surface area (Å²) in [6.45, 7) is 3.97.